The molecule has 216 valence electrons. The molecule has 42 heavy (non-hydrogen) atoms. The van der Waals surface area contributed by atoms with Crippen LogP contribution in [0.15, 0.2) is 108 Å². The van der Waals surface area contributed by atoms with Gasteiger partial charge in [-0.2, -0.15) is 5.54 Å². The minimum absolute atomic E-state index is 0.150. The van der Waals surface area contributed by atoms with E-state index in [0.717, 1.165) is 44.9 Å². The summed E-state index contributed by atoms with van der Waals surface area (Å²) in [5, 5.41) is 16.2. The number of rotatable bonds is 13. The highest BCUT2D eigenvalue weighted by atomic mass is 32.2. The summed E-state index contributed by atoms with van der Waals surface area (Å²) in [6.07, 6.45) is 3.42. The molecule has 0 saturated carbocycles. The number of hydrogen-bond donors (Lipinski definition) is 4. The average molecular weight is 604 g/mol. The quantitative estimate of drug-likeness (QED) is 0.104. The van der Waals surface area contributed by atoms with E-state index in [0.29, 0.717) is 18.8 Å². The Hall–Kier alpha value is -4.00. The Kier molecular flexibility index (Phi) is 9.67. The fourth-order valence-corrected chi connectivity index (χ4v) is 6.20. The summed E-state index contributed by atoms with van der Waals surface area (Å²) in [4.78, 5) is 8.86. The number of sulfonamides is 1. The molecule has 0 spiro atoms. The van der Waals surface area contributed by atoms with Crippen molar-refractivity contribution in [1.29, 1.82) is 0 Å². The molecule has 0 fully saturated rings. The van der Waals surface area contributed by atoms with Crippen LogP contribution in [0, 0.1) is 0 Å². The highest BCUT2D eigenvalue weighted by Gasteiger charge is 2.15. The number of pyridine rings is 1. The van der Waals surface area contributed by atoms with Crippen molar-refractivity contribution in [3.63, 3.8) is 0 Å². The molecule has 0 amide bonds. The van der Waals surface area contributed by atoms with Crippen LogP contribution in [0.25, 0.3) is 21.8 Å². The molecule has 0 bridgehead atoms. The minimum atomic E-state index is -3.77. The highest BCUT2D eigenvalue weighted by molar-refractivity contribution is 7.92. The number of aromatic nitrogens is 2. The summed E-state index contributed by atoms with van der Waals surface area (Å²) >= 11 is 1.49. The second-order valence-corrected chi connectivity index (χ2v) is 12.2. The molecule has 1 atom stereocenters. The van der Waals surface area contributed by atoms with Crippen molar-refractivity contribution in [3.8, 4) is 21.8 Å². The van der Waals surface area contributed by atoms with Crippen LogP contribution >= 0.6 is 11.3 Å². The predicted octanol–water partition coefficient (Wildman–Crippen LogP) is 5.51. The number of benzene rings is 3. The van der Waals surface area contributed by atoms with Gasteiger partial charge in [0.1, 0.15) is 5.01 Å². The van der Waals surface area contributed by atoms with Crippen molar-refractivity contribution < 1.29 is 18.0 Å². The monoisotopic (exact) mass is 603 g/mol. The van der Waals surface area contributed by atoms with E-state index in [4.69, 9.17) is 0 Å². The molecule has 5 aromatic rings. The average Bonchev–Trinajstić information content (AvgIpc) is 3.51. The normalized spacial score (nSPS) is 12.2. The van der Waals surface area contributed by atoms with Crippen molar-refractivity contribution in [2.24, 2.45) is 0 Å². The van der Waals surface area contributed by atoms with Crippen molar-refractivity contribution in [2.45, 2.75) is 24.0 Å². The first-order valence-electron chi connectivity index (χ1n) is 13.3. The highest BCUT2D eigenvalue weighted by Crippen LogP contribution is 2.30. The lowest BCUT2D eigenvalue weighted by molar-refractivity contribution is 0.174. The van der Waals surface area contributed by atoms with Crippen LogP contribution in [-0.2, 0) is 23.0 Å². The van der Waals surface area contributed by atoms with Crippen LogP contribution in [0.4, 0.5) is 10.2 Å². The lowest BCUT2D eigenvalue weighted by Gasteiger charge is -2.12. The summed E-state index contributed by atoms with van der Waals surface area (Å²) in [5.41, 5.74) is 7.24. The van der Waals surface area contributed by atoms with Gasteiger partial charge in [0.05, 0.1) is 23.2 Å². The van der Waals surface area contributed by atoms with Crippen molar-refractivity contribution in [2.75, 3.05) is 17.8 Å². The van der Waals surface area contributed by atoms with Gasteiger partial charge < -0.3 is 10.4 Å². The predicted molar refractivity (Wildman–Crippen MR) is 164 cm³/mol. The number of aliphatic hydroxyl groups excluding tert-OH is 1. The molecule has 11 heteroatoms. The molecule has 8 nitrogen and oxygen atoms in total. The van der Waals surface area contributed by atoms with Gasteiger partial charge in [-0.3, -0.25) is 9.71 Å². The number of nitrogens with zero attached hydrogens (tertiary/aromatic N) is 2. The Bertz CT molecular complexity index is 1680. The van der Waals surface area contributed by atoms with Gasteiger partial charge in [-0.25, -0.2) is 13.4 Å². The first kappa shape index (κ1) is 29.5. The zero-order valence-electron chi connectivity index (χ0n) is 22.6. The van der Waals surface area contributed by atoms with E-state index in [-0.39, 0.29) is 11.4 Å². The maximum atomic E-state index is 13.0. The summed E-state index contributed by atoms with van der Waals surface area (Å²) in [5.74, 6) is 0. The van der Waals surface area contributed by atoms with Crippen LogP contribution in [0.2, 0.25) is 0 Å². The van der Waals surface area contributed by atoms with E-state index >= 15 is 0 Å². The molecule has 0 aliphatic rings. The maximum absolute atomic E-state index is 13.0. The van der Waals surface area contributed by atoms with E-state index in [9.17, 15) is 18.0 Å². The maximum Gasteiger partial charge on any atom is 0.261 e. The second-order valence-electron chi connectivity index (χ2n) is 9.63. The van der Waals surface area contributed by atoms with Gasteiger partial charge in [-0.1, -0.05) is 54.6 Å². The van der Waals surface area contributed by atoms with Crippen molar-refractivity contribution in [3.05, 3.63) is 119 Å². The molecule has 0 radical (unpaired) electrons. The zero-order valence-corrected chi connectivity index (χ0v) is 24.2. The Morgan fingerprint density at radius 3 is 2.31 bits per heavy atom. The van der Waals surface area contributed by atoms with Crippen LogP contribution < -0.4 is 15.6 Å². The molecular weight excluding hydrogens is 574 g/mol. The van der Waals surface area contributed by atoms with Gasteiger partial charge in [-0.15, -0.1) is 15.8 Å². The molecular formula is C31H30FN5O3S2. The van der Waals surface area contributed by atoms with E-state index < -0.39 is 16.1 Å². The molecule has 0 aliphatic carbocycles. The zero-order chi connectivity index (χ0) is 29.4. The van der Waals surface area contributed by atoms with E-state index in [1.165, 1.54) is 11.3 Å². The second kappa shape index (κ2) is 13.8. The third kappa shape index (κ3) is 7.64. The summed E-state index contributed by atoms with van der Waals surface area (Å²) < 4.78 is 40.9. The Morgan fingerprint density at radius 1 is 0.905 bits per heavy atom. The van der Waals surface area contributed by atoms with Crippen LogP contribution in [0.1, 0.15) is 22.8 Å². The van der Waals surface area contributed by atoms with E-state index in [1.807, 2.05) is 47.8 Å². The van der Waals surface area contributed by atoms with Crippen LogP contribution in [0.5, 0.6) is 0 Å². The van der Waals surface area contributed by atoms with Gasteiger partial charge in [0.25, 0.3) is 10.0 Å². The van der Waals surface area contributed by atoms with Gasteiger partial charge >= 0.3 is 0 Å². The standard InChI is InChI=1S/C31H30FN5O3S2/c32-35-18-23-3-7-25(8-4-23)31-36-29(21-41-31)24-9-13-28(14-10-24)42(39,40)37-27-11-5-22(6-12-27)15-17-34-20-30(38)26-2-1-16-33-19-26/h1-14,16,19,21,30,34-35,37-38H,15,17-18,20H2. The SMILES string of the molecule is O=S(=O)(Nc1ccc(CCNCC(O)c2cccnc2)cc1)c1ccc(-c2csc(-c3ccc(CNF)cc3)n2)cc1. The molecule has 2 heterocycles. The smallest absolute Gasteiger partial charge is 0.261 e. The number of nitrogens with one attached hydrogen (secondary N) is 3. The molecule has 3 aromatic carbocycles. The number of halogens is 1. The first-order chi connectivity index (χ1) is 20.4. The molecule has 1 unspecified atom stereocenters. The molecule has 5 rings (SSSR count). The third-order valence-electron chi connectivity index (χ3n) is 6.64. The Labute approximate surface area is 248 Å². The molecule has 4 N–H and O–H groups in total. The lowest BCUT2D eigenvalue weighted by atomic mass is 10.1. The minimum Gasteiger partial charge on any atom is -0.387 e. The third-order valence-corrected chi connectivity index (χ3v) is 8.93. The van der Waals surface area contributed by atoms with Gasteiger partial charge in [0, 0.05) is 46.7 Å². The summed E-state index contributed by atoms with van der Waals surface area (Å²) in [6.45, 7) is 1.23. The number of thiazole rings is 1. The first-order valence-corrected chi connectivity index (χ1v) is 15.7. The molecule has 0 saturated heterocycles. The van der Waals surface area contributed by atoms with E-state index in [1.54, 1.807) is 60.4 Å². The summed E-state index contributed by atoms with van der Waals surface area (Å²) in [7, 11) is -3.77. The summed E-state index contributed by atoms with van der Waals surface area (Å²) in [6, 6.07) is 25.0. The number of aliphatic hydroxyl groups is 1. The largest absolute Gasteiger partial charge is 0.387 e. The van der Waals surface area contributed by atoms with Gasteiger partial charge in [0.15, 0.2) is 0 Å². The Balaban J connectivity index is 1.14. The van der Waals surface area contributed by atoms with Crippen LogP contribution in [0.3, 0.4) is 0 Å². The van der Waals surface area contributed by atoms with E-state index in [2.05, 4.69) is 20.0 Å². The van der Waals surface area contributed by atoms with Crippen molar-refractivity contribution in [1.82, 2.24) is 20.8 Å². The van der Waals surface area contributed by atoms with Gasteiger partial charge in [0.2, 0.25) is 0 Å². The number of hydrogen-bond acceptors (Lipinski definition) is 8. The fraction of sp³-hybridized carbons (Fsp3) is 0.161. The van der Waals surface area contributed by atoms with Crippen molar-refractivity contribution >= 4 is 27.0 Å². The lowest BCUT2D eigenvalue weighted by Crippen LogP contribution is -2.23. The van der Waals surface area contributed by atoms with Crippen LogP contribution in [-0.4, -0.2) is 36.6 Å². The topological polar surface area (TPSA) is 116 Å². The number of anilines is 1. The molecule has 2 aromatic heterocycles. The molecule has 0 aliphatic heterocycles. The Morgan fingerprint density at radius 2 is 1.62 bits per heavy atom. The van der Waals surface area contributed by atoms with Gasteiger partial charge in [-0.05, 0) is 54.4 Å². The fourth-order valence-electron chi connectivity index (χ4n) is 4.30.